The van der Waals surface area contributed by atoms with Crippen molar-refractivity contribution in [2.75, 3.05) is 0 Å². The van der Waals surface area contributed by atoms with Crippen LogP contribution in [-0.2, 0) is 0 Å². The highest BCUT2D eigenvalue weighted by atomic mass is 35.5. The minimum Gasteiger partial charge on any atom is -0.342 e. The first kappa shape index (κ1) is 9.86. The van der Waals surface area contributed by atoms with Crippen molar-refractivity contribution in [3.63, 3.8) is 0 Å². The Morgan fingerprint density at radius 3 is 2.80 bits per heavy atom. The maximum absolute atomic E-state index is 13.6. The van der Waals surface area contributed by atoms with Crippen molar-refractivity contribution in [2.24, 2.45) is 0 Å². The molecule has 5 heteroatoms. The molecule has 1 aromatic carbocycles. The molecule has 0 bridgehead atoms. The lowest BCUT2D eigenvalue weighted by Crippen LogP contribution is -1.89. The molecular weight excluding hydrogens is 219 g/mol. The third kappa shape index (κ3) is 1.76. The van der Waals surface area contributed by atoms with Crippen LogP contribution in [-0.4, -0.2) is 10.1 Å². The molecule has 0 atom stereocenters. The molecule has 0 saturated carbocycles. The summed E-state index contributed by atoms with van der Waals surface area (Å²) in [6.45, 7) is 3.53. The molecule has 76 valence electrons. The van der Waals surface area contributed by atoms with Gasteiger partial charge in [-0.1, -0.05) is 29.4 Å². The summed E-state index contributed by atoms with van der Waals surface area (Å²) in [5.74, 6) is -0.369. The van der Waals surface area contributed by atoms with E-state index in [1.165, 1.54) is 12.1 Å². The van der Waals surface area contributed by atoms with Crippen molar-refractivity contribution in [3.8, 4) is 11.4 Å². The van der Waals surface area contributed by atoms with Gasteiger partial charge in [0.1, 0.15) is 5.82 Å². The predicted octanol–water partition coefficient (Wildman–Crippen LogP) is 3.17. The summed E-state index contributed by atoms with van der Waals surface area (Å²) in [6.07, 6.45) is 2.63. The number of benzene rings is 1. The molecule has 3 nitrogen and oxygen atoms in total. The number of hydrogen-bond donors (Lipinski definition) is 0. The number of aromatic nitrogens is 2. The van der Waals surface area contributed by atoms with Crippen LogP contribution in [0.5, 0.6) is 0 Å². The minimum absolute atomic E-state index is 0.133. The van der Waals surface area contributed by atoms with Crippen molar-refractivity contribution < 1.29 is 8.91 Å². The highest BCUT2D eigenvalue weighted by molar-refractivity contribution is 6.33. The van der Waals surface area contributed by atoms with Gasteiger partial charge in [-0.3, -0.25) is 0 Å². The molecular formula is C10H6ClFN2O. The molecule has 0 aliphatic carbocycles. The quantitative estimate of drug-likeness (QED) is 0.787. The molecule has 0 fully saturated rings. The van der Waals surface area contributed by atoms with Crippen LogP contribution in [0, 0.1) is 5.82 Å². The molecule has 0 saturated heterocycles. The maximum atomic E-state index is 13.6. The maximum Gasteiger partial charge on any atom is 0.214 e. The van der Waals surface area contributed by atoms with Gasteiger partial charge in [-0.2, -0.15) is 4.98 Å². The van der Waals surface area contributed by atoms with Gasteiger partial charge in [-0.05, 0) is 17.7 Å². The molecule has 2 rings (SSSR count). The Balaban J connectivity index is 2.63. The lowest BCUT2D eigenvalue weighted by molar-refractivity contribution is 0.418. The van der Waals surface area contributed by atoms with Crippen LogP contribution < -0.4 is 0 Å². The zero-order chi connectivity index (χ0) is 10.8. The molecule has 0 amide bonds. The largest absolute Gasteiger partial charge is 0.342 e. The van der Waals surface area contributed by atoms with Crippen molar-refractivity contribution in [1.82, 2.24) is 10.1 Å². The molecule has 15 heavy (non-hydrogen) atoms. The Kier molecular flexibility index (Phi) is 2.51. The summed E-state index contributed by atoms with van der Waals surface area (Å²) < 4.78 is 18.1. The van der Waals surface area contributed by atoms with E-state index in [4.69, 9.17) is 11.6 Å². The van der Waals surface area contributed by atoms with Crippen LogP contribution in [0.2, 0.25) is 5.02 Å². The van der Waals surface area contributed by atoms with Gasteiger partial charge < -0.3 is 4.52 Å². The van der Waals surface area contributed by atoms with Crippen LogP contribution >= 0.6 is 11.6 Å². The fourth-order valence-electron chi connectivity index (χ4n) is 1.20. The van der Waals surface area contributed by atoms with Gasteiger partial charge in [0, 0.05) is 0 Å². The number of rotatable bonds is 2. The van der Waals surface area contributed by atoms with Crippen LogP contribution in [0.15, 0.2) is 29.6 Å². The third-order valence-electron chi connectivity index (χ3n) is 1.89. The number of halogens is 2. The Bertz CT molecular complexity index is 473. The third-order valence-corrected chi connectivity index (χ3v) is 2.18. The molecule has 1 aromatic heterocycles. The normalized spacial score (nSPS) is 10.3. The summed E-state index contributed by atoms with van der Waals surface area (Å²) in [5.41, 5.74) is 0.737. The first-order valence-electron chi connectivity index (χ1n) is 4.10. The Hall–Kier alpha value is -1.68. The van der Waals surface area contributed by atoms with E-state index in [9.17, 15) is 4.39 Å². The van der Waals surface area contributed by atoms with Gasteiger partial charge in [0.05, 0.1) is 10.6 Å². The van der Waals surface area contributed by atoms with Crippen molar-refractivity contribution in [3.05, 3.63) is 41.5 Å². The van der Waals surface area contributed by atoms with E-state index in [2.05, 4.69) is 21.2 Å². The first-order valence-corrected chi connectivity index (χ1v) is 4.48. The SMILES string of the molecule is C=Cc1cc(F)c(-c2ncon2)c(Cl)c1. The lowest BCUT2D eigenvalue weighted by Gasteiger charge is -2.02. The smallest absolute Gasteiger partial charge is 0.214 e. The van der Waals surface area contributed by atoms with E-state index < -0.39 is 5.82 Å². The van der Waals surface area contributed by atoms with Gasteiger partial charge in [0.25, 0.3) is 0 Å². The lowest BCUT2D eigenvalue weighted by atomic mass is 10.1. The summed E-state index contributed by atoms with van der Waals surface area (Å²) in [7, 11) is 0. The summed E-state index contributed by atoms with van der Waals surface area (Å²) in [4.78, 5) is 3.74. The van der Waals surface area contributed by atoms with E-state index in [1.807, 2.05) is 0 Å². The van der Waals surface area contributed by atoms with Crippen LogP contribution in [0.3, 0.4) is 0 Å². The predicted molar refractivity (Wildman–Crippen MR) is 54.8 cm³/mol. The van der Waals surface area contributed by atoms with E-state index in [1.54, 1.807) is 6.07 Å². The topological polar surface area (TPSA) is 38.9 Å². The van der Waals surface area contributed by atoms with Crippen molar-refractivity contribution >= 4 is 17.7 Å². The zero-order valence-electron chi connectivity index (χ0n) is 7.58. The van der Waals surface area contributed by atoms with Gasteiger partial charge in [0.15, 0.2) is 0 Å². The molecule has 0 spiro atoms. The Labute approximate surface area is 90.2 Å². The standard InChI is InChI=1S/C10H6ClFN2O/c1-2-6-3-7(11)9(8(12)4-6)10-13-5-15-14-10/h2-5H,1H2. The fraction of sp³-hybridized carbons (Fsp3) is 0. The second kappa shape index (κ2) is 3.82. The Morgan fingerprint density at radius 2 is 2.27 bits per heavy atom. The number of hydrogen-bond acceptors (Lipinski definition) is 3. The molecule has 0 radical (unpaired) electrons. The van der Waals surface area contributed by atoms with E-state index in [0.29, 0.717) is 5.56 Å². The van der Waals surface area contributed by atoms with Gasteiger partial charge in [-0.15, -0.1) is 0 Å². The van der Waals surface area contributed by atoms with Crippen molar-refractivity contribution in [1.29, 1.82) is 0 Å². The first-order chi connectivity index (χ1) is 7.22. The monoisotopic (exact) mass is 224 g/mol. The molecule has 1 heterocycles. The molecule has 0 aliphatic heterocycles. The molecule has 0 unspecified atom stereocenters. The highest BCUT2D eigenvalue weighted by Gasteiger charge is 2.14. The fourth-order valence-corrected chi connectivity index (χ4v) is 1.51. The zero-order valence-corrected chi connectivity index (χ0v) is 8.33. The van der Waals surface area contributed by atoms with Crippen LogP contribution in [0.1, 0.15) is 5.56 Å². The molecule has 0 N–H and O–H groups in total. The van der Waals surface area contributed by atoms with Gasteiger partial charge >= 0.3 is 0 Å². The van der Waals surface area contributed by atoms with Crippen LogP contribution in [0.25, 0.3) is 17.5 Å². The van der Waals surface area contributed by atoms with E-state index in [-0.39, 0.29) is 16.4 Å². The summed E-state index contributed by atoms with van der Waals surface area (Å²) in [6, 6.07) is 2.90. The molecule has 2 aromatic rings. The number of nitrogens with zero attached hydrogens (tertiary/aromatic N) is 2. The van der Waals surface area contributed by atoms with Gasteiger partial charge in [0.2, 0.25) is 12.2 Å². The second-order valence-corrected chi connectivity index (χ2v) is 3.23. The second-order valence-electron chi connectivity index (χ2n) is 2.82. The van der Waals surface area contributed by atoms with Gasteiger partial charge in [-0.25, -0.2) is 4.39 Å². The van der Waals surface area contributed by atoms with Crippen molar-refractivity contribution in [2.45, 2.75) is 0 Å². The average Bonchev–Trinajstić information content (AvgIpc) is 2.69. The van der Waals surface area contributed by atoms with Crippen LogP contribution in [0.4, 0.5) is 4.39 Å². The minimum atomic E-state index is -0.501. The summed E-state index contributed by atoms with van der Waals surface area (Å²) in [5, 5.41) is 3.76. The van der Waals surface area contributed by atoms with E-state index >= 15 is 0 Å². The Morgan fingerprint density at radius 1 is 1.47 bits per heavy atom. The van der Waals surface area contributed by atoms with E-state index in [0.717, 1.165) is 6.39 Å². The molecule has 0 aliphatic rings. The highest BCUT2D eigenvalue weighted by Crippen LogP contribution is 2.29. The average molecular weight is 225 g/mol. The summed E-state index contributed by atoms with van der Waals surface area (Å²) >= 11 is 5.90.